The van der Waals surface area contributed by atoms with E-state index in [1.54, 1.807) is 4.90 Å². The summed E-state index contributed by atoms with van der Waals surface area (Å²) in [5.41, 5.74) is 4.71. The number of hydrogen-bond donors (Lipinski definition) is 1. The smallest absolute Gasteiger partial charge is 0.405 e. The Kier molecular flexibility index (Phi) is 3.78. The Bertz CT molecular complexity index is 283. The van der Waals surface area contributed by atoms with Crippen LogP contribution in [0.25, 0.3) is 0 Å². The highest BCUT2D eigenvalue weighted by molar-refractivity contribution is 5.84. The molecule has 1 aliphatic rings. The highest BCUT2D eigenvalue weighted by Crippen LogP contribution is 2.22. The summed E-state index contributed by atoms with van der Waals surface area (Å²) >= 11 is 0. The molecule has 0 aromatic rings. The Balaban J connectivity index is 2.80. The minimum absolute atomic E-state index is 0.135. The number of ether oxygens (including phenoxy) is 1. The molecule has 0 aromatic heterocycles. The van der Waals surface area contributed by atoms with Crippen LogP contribution in [0.4, 0.5) is 4.79 Å². The molecule has 0 radical (unpaired) electrons. The molecule has 1 heterocycles. The maximum atomic E-state index is 12.1. The second-order valence-corrected chi connectivity index (χ2v) is 5.08. The maximum absolute atomic E-state index is 12.1. The van der Waals surface area contributed by atoms with E-state index in [4.69, 9.17) is 10.5 Å². The van der Waals surface area contributed by atoms with Gasteiger partial charge >= 0.3 is 6.09 Å². The Hall–Kier alpha value is -1.26. The number of rotatable bonds is 1. The van der Waals surface area contributed by atoms with Gasteiger partial charge in [-0.15, -0.1) is 0 Å². The van der Waals surface area contributed by atoms with Crippen molar-refractivity contribution >= 4 is 12.0 Å². The van der Waals surface area contributed by atoms with Crippen molar-refractivity contribution in [3.05, 3.63) is 0 Å². The largest absolute Gasteiger partial charge is 0.436 e. The Morgan fingerprint density at radius 2 is 2.06 bits per heavy atom. The molecule has 5 heteroatoms. The van der Waals surface area contributed by atoms with Gasteiger partial charge in [0.05, 0.1) is 0 Å². The number of amides is 2. The third-order valence-corrected chi connectivity index (χ3v) is 2.71. The average Bonchev–Trinajstić information content (AvgIpc) is 2.27. The molecular formula is C11H20N2O3. The molecule has 1 saturated heterocycles. The zero-order chi connectivity index (χ0) is 12.3. The van der Waals surface area contributed by atoms with E-state index >= 15 is 0 Å². The number of likely N-dealkylation sites (tertiary alicyclic amines) is 1. The van der Waals surface area contributed by atoms with E-state index < -0.39 is 12.2 Å². The van der Waals surface area contributed by atoms with Crippen molar-refractivity contribution in [2.45, 2.75) is 51.7 Å². The maximum Gasteiger partial charge on any atom is 0.405 e. The van der Waals surface area contributed by atoms with E-state index in [-0.39, 0.29) is 11.4 Å². The van der Waals surface area contributed by atoms with Crippen molar-refractivity contribution in [1.29, 1.82) is 0 Å². The molecule has 0 saturated carbocycles. The second kappa shape index (κ2) is 4.72. The van der Waals surface area contributed by atoms with Gasteiger partial charge in [0.15, 0.2) is 6.10 Å². The molecule has 1 fully saturated rings. The molecule has 0 aliphatic carbocycles. The molecule has 0 bridgehead atoms. The van der Waals surface area contributed by atoms with Crippen molar-refractivity contribution in [2.75, 3.05) is 6.54 Å². The molecule has 2 N–H and O–H groups in total. The van der Waals surface area contributed by atoms with Crippen molar-refractivity contribution in [1.82, 2.24) is 4.90 Å². The zero-order valence-electron chi connectivity index (χ0n) is 10.2. The summed E-state index contributed by atoms with van der Waals surface area (Å²) in [6.07, 6.45) is 0.778. The van der Waals surface area contributed by atoms with E-state index in [9.17, 15) is 9.59 Å². The van der Waals surface area contributed by atoms with E-state index in [0.29, 0.717) is 13.0 Å². The van der Waals surface area contributed by atoms with Gasteiger partial charge in [-0.2, -0.15) is 0 Å². The molecule has 0 aromatic carbocycles. The standard InChI is InChI=1S/C11H20N2O3/c1-11(2,3)13-7-5-4-6-8(9(13)14)16-10(12)15/h8H,4-7H2,1-3H3,(H2,12,15)/t8-/m1/s1. The third kappa shape index (κ3) is 3.12. The van der Waals surface area contributed by atoms with Crippen LogP contribution in [0.1, 0.15) is 40.0 Å². The summed E-state index contributed by atoms with van der Waals surface area (Å²) in [6, 6.07) is 0. The molecule has 1 rings (SSSR count). The van der Waals surface area contributed by atoms with Crippen LogP contribution in [0, 0.1) is 0 Å². The quantitative estimate of drug-likeness (QED) is 0.734. The van der Waals surface area contributed by atoms with Crippen LogP contribution in [-0.4, -0.2) is 35.1 Å². The lowest BCUT2D eigenvalue weighted by molar-refractivity contribution is -0.144. The van der Waals surface area contributed by atoms with Crippen molar-refractivity contribution in [3.63, 3.8) is 0 Å². The monoisotopic (exact) mass is 228 g/mol. The zero-order valence-corrected chi connectivity index (χ0v) is 10.2. The average molecular weight is 228 g/mol. The third-order valence-electron chi connectivity index (χ3n) is 2.71. The highest BCUT2D eigenvalue weighted by Gasteiger charge is 2.35. The molecule has 92 valence electrons. The predicted molar refractivity (Wildman–Crippen MR) is 59.8 cm³/mol. The summed E-state index contributed by atoms with van der Waals surface area (Å²) in [5.74, 6) is -0.135. The number of primary amides is 1. The number of carbonyl (C=O) groups excluding carboxylic acids is 2. The van der Waals surface area contributed by atoms with Gasteiger partial charge in [-0.25, -0.2) is 4.79 Å². The predicted octanol–water partition coefficient (Wildman–Crippen LogP) is 1.26. The Labute approximate surface area is 95.9 Å². The fraction of sp³-hybridized carbons (Fsp3) is 0.818. The summed E-state index contributed by atoms with van der Waals surface area (Å²) < 4.78 is 4.86. The van der Waals surface area contributed by atoms with Crippen LogP contribution < -0.4 is 5.73 Å². The van der Waals surface area contributed by atoms with Gasteiger partial charge in [-0.05, 0) is 40.0 Å². The van der Waals surface area contributed by atoms with E-state index in [2.05, 4.69) is 0 Å². The van der Waals surface area contributed by atoms with Crippen LogP contribution >= 0.6 is 0 Å². The Morgan fingerprint density at radius 1 is 1.44 bits per heavy atom. The molecule has 0 unspecified atom stereocenters. The van der Waals surface area contributed by atoms with Gasteiger partial charge in [0.25, 0.3) is 5.91 Å². The molecule has 0 spiro atoms. The van der Waals surface area contributed by atoms with Crippen LogP contribution in [-0.2, 0) is 9.53 Å². The van der Waals surface area contributed by atoms with Gasteiger partial charge in [-0.1, -0.05) is 0 Å². The van der Waals surface area contributed by atoms with Crippen LogP contribution in [0.5, 0.6) is 0 Å². The number of nitrogens with zero attached hydrogens (tertiary/aromatic N) is 1. The van der Waals surface area contributed by atoms with Gasteiger partial charge < -0.3 is 15.4 Å². The number of hydrogen-bond acceptors (Lipinski definition) is 3. The lowest BCUT2D eigenvalue weighted by Gasteiger charge is -2.36. The lowest BCUT2D eigenvalue weighted by atomic mass is 10.1. The molecular weight excluding hydrogens is 208 g/mol. The van der Waals surface area contributed by atoms with E-state index in [1.165, 1.54) is 0 Å². The molecule has 2 amide bonds. The SMILES string of the molecule is CC(C)(C)N1CCCC[C@@H](OC(N)=O)C1=O. The molecule has 1 aliphatic heterocycles. The second-order valence-electron chi connectivity index (χ2n) is 5.08. The molecule has 5 nitrogen and oxygen atoms in total. The van der Waals surface area contributed by atoms with Gasteiger partial charge in [0, 0.05) is 12.1 Å². The first-order valence-corrected chi connectivity index (χ1v) is 5.60. The fourth-order valence-electron chi connectivity index (χ4n) is 1.92. The van der Waals surface area contributed by atoms with E-state index in [1.807, 2.05) is 20.8 Å². The Morgan fingerprint density at radius 3 is 2.56 bits per heavy atom. The summed E-state index contributed by atoms with van der Waals surface area (Å²) in [6.45, 7) is 6.62. The summed E-state index contributed by atoms with van der Waals surface area (Å²) in [5, 5.41) is 0. The summed E-state index contributed by atoms with van der Waals surface area (Å²) in [7, 11) is 0. The molecule has 1 atom stereocenters. The van der Waals surface area contributed by atoms with Crippen molar-refractivity contribution < 1.29 is 14.3 Å². The van der Waals surface area contributed by atoms with Gasteiger partial charge in [0.2, 0.25) is 0 Å². The first-order chi connectivity index (χ1) is 7.32. The highest BCUT2D eigenvalue weighted by atomic mass is 16.6. The number of carbonyl (C=O) groups is 2. The number of nitrogens with two attached hydrogens (primary N) is 1. The van der Waals surface area contributed by atoms with Gasteiger partial charge in [-0.3, -0.25) is 4.79 Å². The summed E-state index contributed by atoms with van der Waals surface area (Å²) in [4.78, 5) is 24.6. The normalized spacial score (nSPS) is 22.8. The first-order valence-electron chi connectivity index (χ1n) is 5.60. The fourth-order valence-corrected chi connectivity index (χ4v) is 1.92. The van der Waals surface area contributed by atoms with E-state index in [0.717, 1.165) is 12.8 Å². The lowest BCUT2D eigenvalue weighted by Crippen LogP contribution is -2.50. The minimum Gasteiger partial charge on any atom is -0.436 e. The van der Waals surface area contributed by atoms with Crippen LogP contribution in [0.2, 0.25) is 0 Å². The molecule has 16 heavy (non-hydrogen) atoms. The first kappa shape index (κ1) is 12.8. The minimum atomic E-state index is -0.880. The topological polar surface area (TPSA) is 72.6 Å². The van der Waals surface area contributed by atoms with Crippen LogP contribution in [0.3, 0.4) is 0 Å². The van der Waals surface area contributed by atoms with Crippen LogP contribution in [0.15, 0.2) is 0 Å². The van der Waals surface area contributed by atoms with Crippen molar-refractivity contribution in [2.24, 2.45) is 5.73 Å². The van der Waals surface area contributed by atoms with Crippen molar-refractivity contribution in [3.8, 4) is 0 Å². The van der Waals surface area contributed by atoms with Gasteiger partial charge in [0.1, 0.15) is 0 Å².